The van der Waals surface area contributed by atoms with Crippen LogP contribution in [0.15, 0.2) is 24.3 Å². The zero-order chi connectivity index (χ0) is 15.0. The second-order valence-electron chi connectivity index (χ2n) is 4.34. The highest BCUT2D eigenvalue weighted by atomic mass is 16.5. The number of hydrogen-bond acceptors (Lipinski definition) is 4. The van der Waals surface area contributed by atoms with Crippen molar-refractivity contribution in [3.05, 3.63) is 29.8 Å². The number of rotatable bonds is 6. The standard InChI is InChI=1S/C14H21N3O3/c1-4-20-14(19)16-10-9-15-13(18)11-5-7-12(8-6-11)17(2)3/h5-8H,4,9-10H2,1-3H3,(H,15,18)(H,16,19). The molecular weight excluding hydrogens is 258 g/mol. The summed E-state index contributed by atoms with van der Waals surface area (Å²) in [6, 6.07) is 7.30. The van der Waals surface area contributed by atoms with Crippen LogP contribution in [0.2, 0.25) is 0 Å². The summed E-state index contributed by atoms with van der Waals surface area (Å²) in [4.78, 5) is 24.8. The molecule has 2 amide bonds. The Balaban J connectivity index is 2.34. The number of ether oxygens (including phenoxy) is 1. The molecule has 1 aromatic carbocycles. The van der Waals surface area contributed by atoms with Gasteiger partial charge in [-0.05, 0) is 31.2 Å². The molecule has 0 aliphatic heterocycles. The van der Waals surface area contributed by atoms with Gasteiger partial charge in [0.05, 0.1) is 6.61 Å². The molecule has 0 heterocycles. The Labute approximate surface area is 119 Å². The van der Waals surface area contributed by atoms with Crippen LogP contribution in [0.4, 0.5) is 10.5 Å². The lowest BCUT2D eigenvalue weighted by atomic mass is 10.2. The summed E-state index contributed by atoms with van der Waals surface area (Å²) < 4.78 is 4.70. The summed E-state index contributed by atoms with van der Waals surface area (Å²) in [5.74, 6) is -0.166. The molecule has 20 heavy (non-hydrogen) atoms. The van der Waals surface area contributed by atoms with Gasteiger partial charge in [0, 0.05) is 38.4 Å². The normalized spacial score (nSPS) is 9.75. The number of benzene rings is 1. The first-order valence-corrected chi connectivity index (χ1v) is 6.50. The molecule has 0 aliphatic rings. The molecule has 0 spiro atoms. The lowest BCUT2D eigenvalue weighted by Gasteiger charge is -2.12. The van der Waals surface area contributed by atoms with Crippen molar-refractivity contribution in [2.45, 2.75) is 6.92 Å². The van der Waals surface area contributed by atoms with Gasteiger partial charge in [-0.1, -0.05) is 0 Å². The third kappa shape index (κ3) is 5.17. The van der Waals surface area contributed by atoms with Crippen LogP contribution < -0.4 is 15.5 Å². The van der Waals surface area contributed by atoms with Gasteiger partial charge in [0.2, 0.25) is 0 Å². The van der Waals surface area contributed by atoms with Crippen LogP contribution in [0.25, 0.3) is 0 Å². The first-order chi connectivity index (χ1) is 9.54. The minimum absolute atomic E-state index is 0.166. The van der Waals surface area contributed by atoms with Crippen LogP contribution in [0.3, 0.4) is 0 Å². The number of amides is 2. The Morgan fingerprint density at radius 1 is 1.10 bits per heavy atom. The topological polar surface area (TPSA) is 70.7 Å². The van der Waals surface area contributed by atoms with Crippen molar-refractivity contribution in [1.82, 2.24) is 10.6 Å². The summed E-state index contributed by atoms with van der Waals surface area (Å²) in [7, 11) is 3.88. The molecule has 2 N–H and O–H groups in total. The number of nitrogens with zero attached hydrogens (tertiary/aromatic N) is 1. The van der Waals surface area contributed by atoms with Gasteiger partial charge in [-0.15, -0.1) is 0 Å². The zero-order valence-corrected chi connectivity index (χ0v) is 12.1. The Kier molecular flexibility index (Phi) is 6.36. The van der Waals surface area contributed by atoms with E-state index in [1.807, 2.05) is 31.1 Å². The molecule has 0 aromatic heterocycles. The van der Waals surface area contributed by atoms with E-state index in [0.29, 0.717) is 25.3 Å². The Morgan fingerprint density at radius 2 is 1.70 bits per heavy atom. The monoisotopic (exact) mass is 279 g/mol. The third-order valence-corrected chi connectivity index (χ3v) is 2.60. The lowest BCUT2D eigenvalue weighted by molar-refractivity contribution is 0.0952. The van der Waals surface area contributed by atoms with Crippen LogP contribution in [0.5, 0.6) is 0 Å². The predicted octanol–water partition coefficient (Wildman–Crippen LogP) is 1.23. The maximum absolute atomic E-state index is 11.8. The first kappa shape index (κ1) is 15.8. The van der Waals surface area contributed by atoms with Gasteiger partial charge < -0.3 is 20.3 Å². The highest BCUT2D eigenvalue weighted by Gasteiger charge is 2.05. The maximum Gasteiger partial charge on any atom is 0.407 e. The smallest absolute Gasteiger partial charge is 0.407 e. The van der Waals surface area contributed by atoms with Crippen molar-refractivity contribution in [2.24, 2.45) is 0 Å². The summed E-state index contributed by atoms with van der Waals surface area (Å²) in [5, 5.41) is 5.25. The molecule has 0 unspecified atom stereocenters. The van der Waals surface area contributed by atoms with E-state index in [9.17, 15) is 9.59 Å². The Bertz CT molecular complexity index is 443. The predicted molar refractivity (Wildman–Crippen MR) is 78.1 cm³/mol. The molecule has 0 radical (unpaired) electrons. The highest BCUT2D eigenvalue weighted by Crippen LogP contribution is 2.11. The van der Waals surface area contributed by atoms with E-state index in [0.717, 1.165) is 5.69 Å². The second kappa shape index (κ2) is 8.04. The Hall–Kier alpha value is -2.24. The van der Waals surface area contributed by atoms with Gasteiger partial charge in [0.1, 0.15) is 0 Å². The molecule has 0 saturated heterocycles. The van der Waals surface area contributed by atoms with E-state index in [2.05, 4.69) is 10.6 Å². The largest absolute Gasteiger partial charge is 0.450 e. The first-order valence-electron chi connectivity index (χ1n) is 6.50. The number of anilines is 1. The van der Waals surface area contributed by atoms with Crippen molar-refractivity contribution < 1.29 is 14.3 Å². The van der Waals surface area contributed by atoms with Crippen molar-refractivity contribution in [2.75, 3.05) is 38.7 Å². The van der Waals surface area contributed by atoms with Gasteiger partial charge in [0.25, 0.3) is 5.91 Å². The van der Waals surface area contributed by atoms with Crippen molar-refractivity contribution in [3.63, 3.8) is 0 Å². The van der Waals surface area contributed by atoms with Gasteiger partial charge in [-0.25, -0.2) is 4.79 Å². The quantitative estimate of drug-likeness (QED) is 0.768. The van der Waals surface area contributed by atoms with E-state index in [1.165, 1.54) is 0 Å². The van der Waals surface area contributed by atoms with Crippen LogP contribution in [0.1, 0.15) is 17.3 Å². The molecule has 1 rings (SSSR count). The fourth-order valence-corrected chi connectivity index (χ4v) is 1.54. The summed E-state index contributed by atoms with van der Waals surface area (Å²) >= 11 is 0. The highest BCUT2D eigenvalue weighted by molar-refractivity contribution is 5.94. The molecule has 0 atom stereocenters. The molecule has 0 fully saturated rings. The Morgan fingerprint density at radius 3 is 2.25 bits per heavy atom. The van der Waals surface area contributed by atoms with E-state index >= 15 is 0 Å². The number of hydrogen-bond donors (Lipinski definition) is 2. The number of nitrogens with one attached hydrogen (secondary N) is 2. The summed E-state index contributed by atoms with van der Waals surface area (Å²) in [6.45, 7) is 2.75. The maximum atomic E-state index is 11.8. The minimum atomic E-state index is -0.475. The average Bonchev–Trinajstić information content (AvgIpc) is 2.43. The van der Waals surface area contributed by atoms with Crippen molar-refractivity contribution >= 4 is 17.7 Å². The minimum Gasteiger partial charge on any atom is -0.450 e. The summed E-state index contributed by atoms with van der Waals surface area (Å²) in [5.41, 5.74) is 1.62. The molecular formula is C14H21N3O3. The molecule has 110 valence electrons. The number of carbonyl (C=O) groups is 2. The molecule has 0 bridgehead atoms. The van der Waals surface area contributed by atoms with E-state index in [-0.39, 0.29) is 5.91 Å². The van der Waals surface area contributed by atoms with Crippen molar-refractivity contribution in [3.8, 4) is 0 Å². The van der Waals surface area contributed by atoms with Gasteiger partial charge in [-0.2, -0.15) is 0 Å². The van der Waals surface area contributed by atoms with Crippen LogP contribution in [0, 0.1) is 0 Å². The fraction of sp³-hybridized carbons (Fsp3) is 0.429. The SMILES string of the molecule is CCOC(=O)NCCNC(=O)c1ccc(N(C)C)cc1. The molecule has 6 nitrogen and oxygen atoms in total. The molecule has 6 heteroatoms. The van der Waals surface area contributed by atoms with Crippen molar-refractivity contribution in [1.29, 1.82) is 0 Å². The summed E-state index contributed by atoms with van der Waals surface area (Å²) in [6.07, 6.45) is -0.475. The van der Waals surface area contributed by atoms with Crippen LogP contribution >= 0.6 is 0 Å². The van der Waals surface area contributed by atoms with Gasteiger partial charge >= 0.3 is 6.09 Å². The lowest BCUT2D eigenvalue weighted by Crippen LogP contribution is -2.34. The average molecular weight is 279 g/mol. The van der Waals surface area contributed by atoms with Gasteiger partial charge in [0.15, 0.2) is 0 Å². The van der Waals surface area contributed by atoms with E-state index < -0.39 is 6.09 Å². The number of alkyl carbamates (subject to hydrolysis) is 1. The number of carbonyl (C=O) groups excluding carboxylic acids is 2. The fourth-order valence-electron chi connectivity index (χ4n) is 1.54. The molecule has 1 aromatic rings. The molecule has 0 saturated carbocycles. The second-order valence-corrected chi connectivity index (χ2v) is 4.34. The molecule has 0 aliphatic carbocycles. The van der Waals surface area contributed by atoms with E-state index in [1.54, 1.807) is 19.1 Å². The van der Waals surface area contributed by atoms with Crippen LogP contribution in [-0.2, 0) is 4.74 Å². The van der Waals surface area contributed by atoms with E-state index in [4.69, 9.17) is 4.74 Å². The zero-order valence-electron chi connectivity index (χ0n) is 12.1. The third-order valence-electron chi connectivity index (χ3n) is 2.60. The van der Waals surface area contributed by atoms with Gasteiger partial charge in [-0.3, -0.25) is 4.79 Å². The van der Waals surface area contributed by atoms with Crippen LogP contribution in [-0.4, -0.2) is 45.8 Å².